The van der Waals surface area contributed by atoms with Crippen molar-refractivity contribution in [3.63, 3.8) is 0 Å². The zero-order valence-electron chi connectivity index (χ0n) is 9.56. The van der Waals surface area contributed by atoms with Crippen LogP contribution in [-0.4, -0.2) is 24.5 Å². The molecule has 0 saturated heterocycles. The highest BCUT2D eigenvalue weighted by Gasteiger charge is 2.26. The van der Waals surface area contributed by atoms with Gasteiger partial charge in [0, 0.05) is 15.0 Å². The Bertz CT molecular complexity index is 444. The van der Waals surface area contributed by atoms with Crippen molar-refractivity contribution in [3.8, 4) is 0 Å². The molecule has 0 bridgehead atoms. The lowest BCUT2D eigenvalue weighted by Crippen LogP contribution is -2.18. The molecular weight excluding hydrogens is 281 g/mol. The Morgan fingerprint density at radius 3 is 2.44 bits per heavy atom. The van der Waals surface area contributed by atoms with Crippen LogP contribution in [0.15, 0.2) is 18.2 Å². The highest BCUT2D eigenvalue weighted by atomic mass is 35.5. The monoisotopic (exact) mass is 291 g/mol. The van der Waals surface area contributed by atoms with E-state index in [9.17, 15) is 14.9 Å². The van der Waals surface area contributed by atoms with Crippen molar-refractivity contribution in [2.24, 2.45) is 0 Å². The van der Waals surface area contributed by atoms with Gasteiger partial charge in [0.1, 0.15) is 0 Å². The summed E-state index contributed by atoms with van der Waals surface area (Å²) in [5, 5.41) is 11.3. The molecular formula is C11H11Cl2NO4. The molecule has 0 spiro atoms. The SMILES string of the molecule is COC(=O)CC(C[N+](=O)[O-])c1c(Cl)cccc1Cl. The molecule has 0 amide bonds. The van der Waals surface area contributed by atoms with E-state index in [0.717, 1.165) is 0 Å². The van der Waals surface area contributed by atoms with Gasteiger partial charge in [-0.05, 0) is 17.7 Å². The quantitative estimate of drug-likeness (QED) is 0.475. The fraction of sp³-hybridized carbons (Fsp3) is 0.364. The number of nitrogens with zero attached hydrogens (tertiary/aromatic N) is 1. The molecule has 98 valence electrons. The molecule has 0 saturated carbocycles. The van der Waals surface area contributed by atoms with Crippen LogP contribution in [0.25, 0.3) is 0 Å². The molecule has 0 N–H and O–H groups in total. The maximum Gasteiger partial charge on any atom is 0.306 e. The summed E-state index contributed by atoms with van der Waals surface area (Å²) in [6, 6.07) is 4.79. The van der Waals surface area contributed by atoms with E-state index in [0.29, 0.717) is 15.6 Å². The second-order valence-corrected chi connectivity index (χ2v) is 4.44. The minimum absolute atomic E-state index is 0.138. The largest absolute Gasteiger partial charge is 0.469 e. The Labute approximate surface area is 114 Å². The molecule has 1 rings (SSSR count). The number of benzene rings is 1. The molecule has 18 heavy (non-hydrogen) atoms. The van der Waals surface area contributed by atoms with E-state index in [-0.39, 0.29) is 6.42 Å². The molecule has 0 heterocycles. The standard InChI is InChI=1S/C11H11Cl2NO4/c1-18-10(15)5-7(6-14(16)17)11-8(12)3-2-4-9(11)13/h2-4,7H,5-6H2,1H3. The van der Waals surface area contributed by atoms with Crippen LogP contribution in [0.5, 0.6) is 0 Å². The van der Waals surface area contributed by atoms with Crippen LogP contribution in [0.1, 0.15) is 17.9 Å². The number of esters is 1. The van der Waals surface area contributed by atoms with Gasteiger partial charge in [-0.3, -0.25) is 14.9 Å². The molecule has 7 heteroatoms. The molecule has 1 aromatic carbocycles. The first kappa shape index (κ1) is 14.7. The fourth-order valence-electron chi connectivity index (χ4n) is 1.62. The second kappa shape index (κ2) is 6.56. The lowest BCUT2D eigenvalue weighted by molar-refractivity contribution is -0.483. The first-order valence-corrected chi connectivity index (χ1v) is 5.83. The molecule has 0 radical (unpaired) electrons. The summed E-state index contributed by atoms with van der Waals surface area (Å²) < 4.78 is 4.52. The summed E-state index contributed by atoms with van der Waals surface area (Å²) in [6.45, 7) is -0.432. The number of hydrogen-bond donors (Lipinski definition) is 0. The minimum atomic E-state index is -0.700. The van der Waals surface area contributed by atoms with Crippen molar-refractivity contribution in [1.29, 1.82) is 0 Å². The van der Waals surface area contributed by atoms with E-state index in [1.54, 1.807) is 18.2 Å². The van der Waals surface area contributed by atoms with Gasteiger partial charge in [-0.15, -0.1) is 0 Å². The highest BCUT2D eigenvalue weighted by molar-refractivity contribution is 6.36. The maximum atomic E-state index is 11.3. The minimum Gasteiger partial charge on any atom is -0.469 e. The molecule has 0 aliphatic rings. The smallest absolute Gasteiger partial charge is 0.306 e. The van der Waals surface area contributed by atoms with Gasteiger partial charge in [0.2, 0.25) is 6.54 Å². The number of hydrogen-bond acceptors (Lipinski definition) is 4. The van der Waals surface area contributed by atoms with Gasteiger partial charge in [0.25, 0.3) is 0 Å². The molecule has 5 nitrogen and oxygen atoms in total. The summed E-state index contributed by atoms with van der Waals surface area (Å²) in [6.07, 6.45) is -0.138. The van der Waals surface area contributed by atoms with Crippen molar-refractivity contribution < 1.29 is 14.5 Å². The summed E-state index contributed by atoms with van der Waals surface area (Å²) in [5.74, 6) is -1.24. The Kier molecular flexibility index (Phi) is 5.37. The zero-order valence-corrected chi connectivity index (χ0v) is 11.1. The normalized spacial score (nSPS) is 11.9. The summed E-state index contributed by atoms with van der Waals surface area (Å²) in [4.78, 5) is 21.4. The van der Waals surface area contributed by atoms with Crippen LogP contribution < -0.4 is 0 Å². The maximum absolute atomic E-state index is 11.3. The van der Waals surface area contributed by atoms with Crippen LogP contribution in [0, 0.1) is 10.1 Å². The lowest BCUT2D eigenvalue weighted by Gasteiger charge is -2.15. The molecule has 0 fully saturated rings. The van der Waals surface area contributed by atoms with E-state index < -0.39 is 23.4 Å². The molecule has 0 aliphatic carbocycles. The van der Waals surface area contributed by atoms with Crippen molar-refractivity contribution in [3.05, 3.63) is 43.9 Å². The lowest BCUT2D eigenvalue weighted by atomic mass is 9.95. The number of ether oxygens (including phenoxy) is 1. The van der Waals surface area contributed by atoms with Crippen LogP contribution >= 0.6 is 23.2 Å². The Balaban J connectivity index is 3.08. The third kappa shape index (κ3) is 3.85. The van der Waals surface area contributed by atoms with Gasteiger partial charge in [-0.25, -0.2) is 0 Å². The first-order chi connectivity index (χ1) is 8.45. The topological polar surface area (TPSA) is 69.4 Å². The number of carbonyl (C=O) groups is 1. The average molecular weight is 292 g/mol. The Morgan fingerprint density at radius 2 is 2.00 bits per heavy atom. The van der Waals surface area contributed by atoms with Crippen LogP contribution in [0.2, 0.25) is 10.0 Å². The number of nitro groups is 1. The average Bonchev–Trinajstić information content (AvgIpc) is 2.27. The van der Waals surface area contributed by atoms with Crippen molar-refractivity contribution in [2.45, 2.75) is 12.3 Å². The van der Waals surface area contributed by atoms with E-state index >= 15 is 0 Å². The van der Waals surface area contributed by atoms with Crippen molar-refractivity contribution >= 4 is 29.2 Å². The third-order valence-electron chi connectivity index (χ3n) is 2.42. The van der Waals surface area contributed by atoms with E-state index in [1.807, 2.05) is 0 Å². The third-order valence-corrected chi connectivity index (χ3v) is 3.08. The fourth-order valence-corrected chi connectivity index (χ4v) is 2.33. The summed E-state index contributed by atoms with van der Waals surface area (Å²) >= 11 is 12.0. The first-order valence-electron chi connectivity index (χ1n) is 5.08. The van der Waals surface area contributed by atoms with Gasteiger partial charge in [0.15, 0.2) is 0 Å². The molecule has 1 aromatic rings. The predicted molar refractivity (Wildman–Crippen MR) is 67.7 cm³/mol. The van der Waals surface area contributed by atoms with Gasteiger partial charge in [0.05, 0.1) is 19.4 Å². The number of rotatable bonds is 5. The van der Waals surface area contributed by atoms with Gasteiger partial charge in [-0.2, -0.15) is 0 Å². The van der Waals surface area contributed by atoms with E-state index in [2.05, 4.69) is 4.74 Å². The molecule has 1 unspecified atom stereocenters. The molecule has 0 aromatic heterocycles. The summed E-state index contributed by atoms with van der Waals surface area (Å²) in [7, 11) is 1.22. The van der Waals surface area contributed by atoms with E-state index in [4.69, 9.17) is 23.2 Å². The predicted octanol–water partition coefficient (Wildman–Crippen LogP) is 2.92. The van der Waals surface area contributed by atoms with Crippen LogP contribution in [-0.2, 0) is 9.53 Å². The zero-order chi connectivity index (χ0) is 13.7. The number of carbonyl (C=O) groups excluding carboxylic acids is 1. The van der Waals surface area contributed by atoms with Crippen molar-refractivity contribution in [1.82, 2.24) is 0 Å². The van der Waals surface area contributed by atoms with Crippen molar-refractivity contribution in [2.75, 3.05) is 13.7 Å². The van der Waals surface area contributed by atoms with Gasteiger partial charge < -0.3 is 4.74 Å². The summed E-state index contributed by atoms with van der Waals surface area (Å²) in [5.41, 5.74) is 0.405. The van der Waals surface area contributed by atoms with Crippen LogP contribution in [0.4, 0.5) is 0 Å². The number of methoxy groups -OCH3 is 1. The Morgan fingerprint density at radius 1 is 1.44 bits per heavy atom. The van der Waals surface area contributed by atoms with Gasteiger partial charge >= 0.3 is 5.97 Å². The van der Waals surface area contributed by atoms with E-state index in [1.165, 1.54) is 7.11 Å². The molecule has 0 aliphatic heterocycles. The van der Waals surface area contributed by atoms with Gasteiger partial charge in [-0.1, -0.05) is 29.3 Å². The van der Waals surface area contributed by atoms with Crippen LogP contribution in [0.3, 0.4) is 0 Å². The number of halogens is 2. The molecule has 1 atom stereocenters. The highest BCUT2D eigenvalue weighted by Crippen LogP contribution is 2.33. The Hall–Kier alpha value is -1.33. The second-order valence-electron chi connectivity index (χ2n) is 3.63.